The maximum absolute atomic E-state index is 12.1. The smallest absolute Gasteiger partial charge is 0.239 e. The molecule has 1 aliphatic carbocycles. The lowest BCUT2D eigenvalue weighted by atomic mass is 9.62. The fourth-order valence-corrected chi connectivity index (χ4v) is 6.88. The number of thiocarbonyl (C=S) groups is 1. The van der Waals surface area contributed by atoms with Gasteiger partial charge in [-0.2, -0.15) is 0 Å². The topological polar surface area (TPSA) is 47.6 Å². The minimum Gasteiger partial charge on any atom is -0.340 e. The first kappa shape index (κ1) is 24.0. The summed E-state index contributed by atoms with van der Waals surface area (Å²) in [5.74, 6) is -0.913. The van der Waals surface area contributed by atoms with Gasteiger partial charge in [0.15, 0.2) is 0 Å². The minimum atomic E-state index is -0.906. The van der Waals surface area contributed by atoms with Gasteiger partial charge in [0.1, 0.15) is 4.32 Å². The predicted octanol–water partition coefficient (Wildman–Crippen LogP) is 5.65. The molecule has 180 valence electrons. The summed E-state index contributed by atoms with van der Waals surface area (Å²) in [5.41, 5.74) is 7.49. The molecule has 2 heterocycles. The highest BCUT2D eigenvalue weighted by atomic mass is 32.2. The maximum Gasteiger partial charge on any atom is 0.239 e. The molecular weight excluding hydrogens is 462 g/mol. The van der Waals surface area contributed by atoms with Gasteiger partial charge in [0.25, 0.3) is 0 Å². The van der Waals surface area contributed by atoms with Crippen LogP contribution in [0.2, 0.25) is 0 Å². The van der Waals surface area contributed by atoms with Gasteiger partial charge in [-0.1, -0.05) is 82.0 Å². The third-order valence-corrected chi connectivity index (χ3v) is 9.14. The lowest BCUT2D eigenvalue weighted by Gasteiger charge is -2.43. The Bertz CT molecular complexity index is 1150. The Hall–Kier alpha value is -1.73. The molecule has 0 bridgehead atoms. The molecule has 1 atom stereocenters. The molecule has 4 nitrogen and oxygen atoms in total. The molecule has 0 spiro atoms. The number of aryl methyl sites for hydroxylation is 1. The molecule has 6 heteroatoms. The van der Waals surface area contributed by atoms with Crippen LogP contribution in [0.3, 0.4) is 0 Å². The van der Waals surface area contributed by atoms with Crippen molar-refractivity contribution in [1.82, 2.24) is 5.32 Å². The van der Waals surface area contributed by atoms with Gasteiger partial charge in [0, 0.05) is 11.1 Å². The molecule has 0 radical (unpaired) electrons. The van der Waals surface area contributed by atoms with Crippen LogP contribution in [-0.2, 0) is 37.3 Å². The maximum atomic E-state index is 12.1. The van der Waals surface area contributed by atoms with Gasteiger partial charge >= 0.3 is 0 Å². The molecule has 3 aliphatic rings. The van der Waals surface area contributed by atoms with Gasteiger partial charge in [-0.3, -0.25) is 4.79 Å². The normalized spacial score (nSPS) is 24.7. The number of hydrogen-bond donors (Lipinski definition) is 1. The van der Waals surface area contributed by atoms with Gasteiger partial charge in [-0.25, -0.2) is 0 Å². The number of thioether (sulfide) groups is 1. The summed E-state index contributed by atoms with van der Waals surface area (Å²) in [7, 11) is 0. The third-order valence-electron chi connectivity index (χ3n) is 7.77. The summed E-state index contributed by atoms with van der Waals surface area (Å²) < 4.78 is 13.4. The first-order valence-corrected chi connectivity index (χ1v) is 13.4. The lowest BCUT2D eigenvalue weighted by Crippen LogP contribution is -2.36. The fourth-order valence-electron chi connectivity index (χ4n) is 5.57. The number of fused-ring (bicyclic) bond motifs is 1. The Labute approximate surface area is 212 Å². The van der Waals surface area contributed by atoms with Gasteiger partial charge in [0.2, 0.25) is 11.7 Å². The second-order valence-electron chi connectivity index (χ2n) is 11.1. The second-order valence-corrected chi connectivity index (χ2v) is 13.0. The molecule has 2 aromatic rings. The zero-order valence-corrected chi connectivity index (χ0v) is 22.3. The van der Waals surface area contributed by atoms with Crippen molar-refractivity contribution in [3.05, 3.63) is 69.8 Å². The molecule has 34 heavy (non-hydrogen) atoms. The third kappa shape index (κ3) is 4.02. The quantitative estimate of drug-likeness (QED) is 0.556. The zero-order chi connectivity index (χ0) is 24.3. The molecule has 5 rings (SSSR count). The molecule has 2 saturated heterocycles. The van der Waals surface area contributed by atoms with E-state index in [-0.39, 0.29) is 22.0 Å². The van der Waals surface area contributed by atoms with Gasteiger partial charge in [0.05, 0.1) is 18.5 Å². The lowest BCUT2D eigenvalue weighted by molar-refractivity contribution is -0.130. The van der Waals surface area contributed by atoms with E-state index in [1.165, 1.54) is 34.9 Å². The van der Waals surface area contributed by atoms with Gasteiger partial charge < -0.3 is 14.8 Å². The first-order valence-electron chi connectivity index (χ1n) is 12.1. The van der Waals surface area contributed by atoms with Crippen LogP contribution >= 0.6 is 24.0 Å². The molecule has 2 aromatic carbocycles. The summed E-state index contributed by atoms with van der Waals surface area (Å²) in [5, 5.41) is 2.56. The highest BCUT2D eigenvalue weighted by Gasteiger charge is 2.45. The number of benzene rings is 2. The Kier molecular flexibility index (Phi) is 5.95. The number of amides is 1. The van der Waals surface area contributed by atoms with Crippen LogP contribution in [0.5, 0.6) is 0 Å². The molecule has 1 amide bonds. The van der Waals surface area contributed by atoms with E-state index >= 15 is 0 Å². The van der Waals surface area contributed by atoms with Gasteiger partial charge in [-0.15, -0.1) is 0 Å². The van der Waals surface area contributed by atoms with Crippen molar-refractivity contribution in [2.24, 2.45) is 0 Å². The number of carbonyl (C=O) groups is 1. The fraction of sp³-hybridized carbons (Fsp3) is 0.500. The first-order chi connectivity index (χ1) is 16.0. The molecule has 2 aliphatic heterocycles. The number of nitrogens with one attached hydrogen (secondary N) is 1. The largest absolute Gasteiger partial charge is 0.340 e. The van der Waals surface area contributed by atoms with Crippen LogP contribution in [0.25, 0.3) is 0 Å². The highest BCUT2D eigenvalue weighted by molar-refractivity contribution is 8.24. The van der Waals surface area contributed by atoms with Crippen molar-refractivity contribution in [2.75, 3.05) is 13.2 Å². The van der Waals surface area contributed by atoms with E-state index < -0.39 is 5.79 Å². The van der Waals surface area contributed by atoms with Crippen molar-refractivity contribution < 1.29 is 14.3 Å². The van der Waals surface area contributed by atoms with Crippen LogP contribution in [0, 0.1) is 6.92 Å². The van der Waals surface area contributed by atoms with Crippen molar-refractivity contribution >= 4 is 34.2 Å². The average molecular weight is 496 g/mol. The van der Waals surface area contributed by atoms with Crippen molar-refractivity contribution in [3.63, 3.8) is 0 Å². The Balaban J connectivity index is 1.53. The molecule has 1 unspecified atom stereocenters. The number of rotatable bonds is 4. The van der Waals surface area contributed by atoms with Crippen LogP contribution in [-0.4, -0.2) is 28.7 Å². The molecule has 0 saturated carbocycles. The van der Waals surface area contributed by atoms with Crippen LogP contribution < -0.4 is 5.32 Å². The van der Waals surface area contributed by atoms with Crippen molar-refractivity contribution in [3.8, 4) is 0 Å². The monoisotopic (exact) mass is 495 g/mol. The van der Waals surface area contributed by atoms with Crippen LogP contribution in [0.4, 0.5) is 0 Å². The standard InChI is InChI=1S/C28H33NO3S2/c1-17-14-21-22(27(4,5)11-10-26(21,2)3)16-20(17)28(31-12-13-32-28)19-8-6-18(7-9-19)15-23-24(30)29-25(33)34-23/h6-9,14,16,23H,10-13,15H2,1-5H3,(H,29,30,33). The minimum absolute atomic E-state index is 0.00627. The van der Waals surface area contributed by atoms with Crippen LogP contribution in [0.15, 0.2) is 36.4 Å². The second kappa shape index (κ2) is 8.44. The SMILES string of the molecule is Cc1cc2c(cc1C1(c3ccc(CC4SC(=S)NC4=O)cc3)OCCO1)C(C)(C)CCC2(C)C. The van der Waals surface area contributed by atoms with E-state index in [2.05, 4.69) is 76.3 Å². The van der Waals surface area contributed by atoms with Crippen molar-refractivity contribution in [2.45, 2.75) is 75.7 Å². The number of hydrogen-bond acceptors (Lipinski definition) is 5. The Morgan fingerprint density at radius 3 is 2.12 bits per heavy atom. The highest BCUT2D eigenvalue weighted by Crippen LogP contribution is 2.49. The molecular formula is C28H33NO3S2. The zero-order valence-electron chi connectivity index (χ0n) is 20.6. The number of ether oxygens (including phenoxy) is 2. The predicted molar refractivity (Wildman–Crippen MR) is 141 cm³/mol. The molecule has 1 N–H and O–H groups in total. The molecule has 2 fully saturated rings. The van der Waals surface area contributed by atoms with Crippen molar-refractivity contribution in [1.29, 1.82) is 0 Å². The summed E-state index contributed by atoms with van der Waals surface area (Å²) in [6.07, 6.45) is 3.00. The van der Waals surface area contributed by atoms with Crippen LogP contribution in [0.1, 0.15) is 73.9 Å². The van der Waals surface area contributed by atoms with E-state index in [4.69, 9.17) is 21.7 Å². The Morgan fingerprint density at radius 1 is 0.971 bits per heavy atom. The van der Waals surface area contributed by atoms with Gasteiger partial charge in [-0.05, 0) is 65.3 Å². The summed E-state index contributed by atoms with van der Waals surface area (Å²) in [6, 6.07) is 13.1. The van der Waals surface area contributed by atoms with E-state index in [1.807, 2.05) is 0 Å². The number of carbonyl (C=O) groups excluding carboxylic acids is 1. The van der Waals surface area contributed by atoms with E-state index in [9.17, 15) is 4.79 Å². The summed E-state index contributed by atoms with van der Waals surface area (Å²) in [6.45, 7) is 12.7. The molecule has 0 aromatic heterocycles. The van der Waals surface area contributed by atoms with E-state index in [0.717, 1.165) is 23.1 Å². The van der Waals surface area contributed by atoms with E-state index in [1.54, 1.807) is 0 Å². The summed E-state index contributed by atoms with van der Waals surface area (Å²) in [4.78, 5) is 12.1. The van der Waals surface area contributed by atoms with E-state index in [0.29, 0.717) is 24.0 Å². The summed E-state index contributed by atoms with van der Waals surface area (Å²) >= 11 is 6.56. The Morgan fingerprint density at radius 2 is 1.56 bits per heavy atom. The average Bonchev–Trinajstić information content (AvgIpc) is 3.39.